The SMILES string of the molecule is O=C1O[C@H]2CC(NC(=O)c3nc4cnccc4s3)C[C@H]2O1. The van der Waals surface area contributed by atoms with Crippen molar-refractivity contribution in [2.75, 3.05) is 0 Å². The predicted octanol–water partition coefficient (Wildman–Crippen LogP) is 1.49. The molecule has 1 aliphatic carbocycles. The first-order chi connectivity index (χ1) is 10.2. The molecule has 1 saturated heterocycles. The maximum Gasteiger partial charge on any atom is 0.509 e. The summed E-state index contributed by atoms with van der Waals surface area (Å²) in [5.41, 5.74) is 0.716. The van der Waals surface area contributed by atoms with E-state index in [1.165, 1.54) is 11.3 Å². The van der Waals surface area contributed by atoms with Crippen molar-refractivity contribution in [2.24, 2.45) is 0 Å². The zero-order valence-corrected chi connectivity index (χ0v) is 11.6. The van der Waals surface area contributed by atoms with Gasteiger partial charge in [-0.15, -0.1) is 11.3 Å². The topological polar surface area (TPSA) is 90.4 Å². The van der Waals surface area contributed by atoms with E-state index in [9.17, 15) is 9.59 Å². The Labute approximate surface area is 123 Å². The first-order valence-electron chi connectivity index (χ1n) is 6.58. The molecule has 2 aliphatic rings. The molecule has 1 saturated carbocycles. The third kappa shape index (κ3) is 2.21. The van der Waals surface area contributed by atoms with Crippen molar-refractivity contribution in [1.82, 2.24) is 15.3 Å². The second-order valence-corrected chi connectivity index (χ2v) is 6.10. The molecule has 4 rings (SSSR count). The maximum absolute atomic E-state index is 12.2. The van der Waals surface area contributed by atoms with Gasteiger partial charge in [-0.25, -0.2) is 9.78 Å². The van der Waals surface area contributed by atoms with Gasteiger partial charge in [-0.1, -0.05) is 0 Å². The highest BCUT2D eigenvalue weighted by molar-refractivity contribution is 7.20. The molecule has 2 aromatic rings. The largest absolute Gasteiger partial charge is 0.509 e. The molecular weight excluding hydrogens is 294 g/mol. The average molecular weight is 305 g/mol. The number of rotatable bonds is 2. The van der Waals surface area contributed by atoms with Crippen LogP contribution in [0, 0.1) is 0 Å². The smallest absolute Gasteiger partial charge is 0.427 e. The number of thiazole rings is 1. The third-order valence-corrected chi connectivity index (χ3v) is 4.70. The zero-order chi connectivity index (χ0) is 14.4. The Morgan fingerprint density at radius 2 is 2.10 bits per heavy atom. The van der Waals surface area contributed by atoms with Gasteiger partial charge in [0.1, 0.15) is 17.7 Å². The van der Waals surface area contributed by atoms with Crippen molar-refractivity contribution >= 4 is 33.6 Å². The molecule has 7 nitrogen and oxygen atoms in total. The first-order valence-corrected chi connectivity index (χ1v) is 7.39. The molecule has 2 aromatic heterocycles. The molecule has 21 heavy (non-hydrogen) atoms. The van der Waals surface area contributed by atoms with Crippen LogP contribution in [-0.2, 0) is 9.47 Å². The molecule has 1 N–H and O–H groups in total. The fraction of sp³-hybridized carbons (Fsp3) is 0.385. The van der Waals surface area contributed by atoms with Crippen LogP contribution >= 0.6 is 11.3 Å². The molecule has 1 unspecified atom stereocenters. The molecule has 108 valence electrons. The average Bonchev–Trinajstić information content (AvgIpc) is 3.10. The van der Waals surface area contributed by atoms with Crippen LogP contribution in [0.5, 0.6) is 0 Å². The molecule has 2 fully saturated rings. The van der Waals surface area contributed by atoms with Crippen LogP contribution in [0.15, 0.2) is 18.5 Å². The van der Waals surface area contributed by atoms with Crippen LogP contribution in [0.2, 0.25) is 0 Å². The number of pyridine rings is 1. The Morgan fingerprint density at radius 3 is 2.81 bits per heavy atom. The summed E-state index contributed by atoms with van der Waals surface area (Å²) >= 11 is 1.33. The zero-order valence-electron chi connectivity index (χ0n) is 10.8. The second kappa shape index (κ2) is 4.66. The lowest BCUT2D eigenvalue weighted by Crippen LogP contribution is -2.34. The standard InChI is InChI=1S/C13H11N3O4S/c17-11(12-16-7-5-14-2-1-10(7)21-12)15-6-3-8-9(4-6)20-13(18)19-8/h1-2,5-6,8-9H,3-4H2,(H,15,17)/t6?,8-,9+. The number of nitrogens with one attached hydrogen (secondary N) is 1. The van der Waals surface area contributed by atoms with Gasteiger partial charge in [0.2, 0.25) is 0 Å². The summed E-state index contributed by atoms with van der Waals surface area (Å²) in [5.74, 6) is -0.215. The molecule has 1 aliphatic heterocycles. The summed E-state index contributed by atoms with van der Waals surface area (Å²) in [6.07, 6.45) is 3.35. The number of nitrogens with zero attached hydrogens (tertiary/aromatic N) is 2. The van der Waals surface area contributed by atoms with Crippen molar-refractivity contribution in [2.45, 2.75) is 31.1 Å². The van der Waals surface area contributed by atoms with Gasteiger partial charge in [0.15, 0.2) is 5.01 Å². The Balaban J connectivity index is 1.45. The predicted molar refractivity (Wildman–Crippen MR) is 73.0 cm³/mol. The number of fused-ring (bicyclic) bond motifs is 2. The highest BCUT2D eigenvalue weighted by atomic mass is 32.1. The van der Waals surface area contributed by atoms with Crippen molar-refractivity contribution in [3.8, 4) is 0 Å². The van der Waals surface area contributed by atoms with Gasteiger partial charge in [0.25, 0.3) is 5.91 Å². The number of amides is 1. The summed E-state index contributed by atoms with van der Waals surface area (Å²) in [4.78, 5) is 31.4. The highest BCUT2D eigenvalue weighted by Gasteiger charge is 2.45. The van der Waals surface area contributed by atoms with Gasteiger partial charge in [0, 0.05) is 25.1 Å². The van der Waals surface area contributed by atoms with Gasteiger partial charge in [-0.2, -0.15) is 0 Å². The minimum Gasteiger partial charge on any atom is -0.427 e. The number of hydrogen-bond acceptors (Lipinski definition) is 7. The number of carbonyl (C=O) groups is 2. The van der Waals surface area contributed by atoms with E-state index < -0.39 is 6.16 Å². The van der Waals surface area contributed by atoms with Crippen molar-refractivity contribution in [1.29, 1.82) is 0 Å². The van der Waals surface area contributed by atoms with Gasteiger partial charge in [0.05, 0.1) is 10.9 Å². The molecular formula is C13H11N3O4S. The second-order valence-electron chi connectivity index (χ2n) is 5.07. The Kier molecular flexibility index (Phi) is 2.78. The van der Waals surface area contributed by atoms with Crippen LogP contribution in [0.25, 0.3) is 10.2 Å². The van der Waals surface area contributed by atoms with E-state index in [2.05, 4.69) is 15.3 Å². The number of ether oxygens (including phenoxy) is 2. The molecule has 3 heterocycles. The van der Waals surface area contributed by atoms with E-state index in [1.807, 2.05) is 6.07 Å². The monoisotopic (exact) mass is 305 g/mol. The van der Waals surface area contributed by atoms with Crippen LogP contribution in [0.3, 0.4) is 0 Å². The lowest BCUT2D eigenvalue weighted by atomic mass is 10.2. The summed E-state index contributed by atoms with van der Waals surface area (Å²) < 4.78 is 11.0. The molecule has 0 bridgehead atoms. The molecule has 0 spiro atoms. The number of carbonyl (C=O) groups excluding carboxylic acids is 2. The molecule has 8 heteroatoms. The maximum atomic E-state index is 12.2. The fourth-order valence-corrected chi connectivity index (χ4v) is 3.56. The van der Waals surface area contributed by atoms with Gasteiger partial charge in [-0.3, -0.25) is 9.78 Å². The minimum atomic E-state index is -0.617. The Bertz CT molecular complexity index is 682. The van der Waals surface area contributed by atoms with E-state index in [0.717, 1.165) is 4.70 Å². The van der Waals surface area contributed by atoms with E-state index in [0.29, 0.717) is 23.4 Å². The van der Waals surface area contributed by atoms with Gasteiger partial charge < -0.3 is 14.8 Å². The molecule has 1 amide bonds. The lowest BCUT2D eigenvalue weighted by molar-refractivity contribution is 0.0910. The normalized spacial score (nSPS) is 27.2. The fourth-order valence-electron chi connectivity index (χ4n) is 2.73. The summed E-state index contributed by atoms with van der Waals surface area (Å²) in [6.45, 7) is 0. The quantitative estimate of drug-likeness (QED) is 0.845. The number of hydrogen-bond donors (Lipinski definition) is 1. The van der Waals surface area contributed by atoms with Crippen LogP contribution in [0.1, 0.15) is 22.6 Å². The van der Waals surface area contributed by atoms with Gasteiger partial charge in [-0.05, 0) is 6.07 Å². The molecule has 0 aromatic carbocycles. The van der Waals surface area contributed by atoms with Gasteiger partial charge >= 0.3 is 6.16 Å². The number of aromatic nitrogens is 2. The van der Waals surface area contributed by atoms with Crippen LogP contribution in [-0.4, -0.2) is 40.3 Å². The first kappa shape index (κ1) is 12.5. The summed E-state index contributed by atoms with van der Waals surface area (Å²) in [6, 6.07) is 1.77. The Morgan fingerprint density at radius 1 is 1.33 bits per heavy atom. The van der Waals surface area contributed by atoms with Crippen molar-refractivity contribution in [3.63, 3.8) is 0 Å². The van der Waals surface area contributed by atoms with Crippen LogP contribution < -0.4 is 5.32 Å². The Hall–Kier alpha value is -2.22. The highest BCUT2D eigenvalue weighted by Crippen LogP contribution is 2.31. The van der Waals surface area contributed by atoms with E-state index in [-0.39, 0.29) is 24.2 Å². The lowest BCUT2D eigenvalue weighted by Gasteiger charge is -2.11. The van der Waals surface area contributed by atoms with E-state index in [4.69, 9.17) is 9.47 Å². The van der Waals surface area contributed by atoms with Crippen molar-refractivity contribution in [3.05, 3.63) is 23.5 Å². The van der Waals surface area contributed by atoms with Crippen LogP contribution in [0.4, 0.5) is 4.79 Å². The van der Waals surface area contributed by atoms with E-state index >= 15 is 0 Å². The molecule has 0 radical (unpaired) electrons. The van der Waals surface area contributed by atoms with Crippen molar-refractivity contribution < 1.29 is 19.1 Å². The summed E-state index contributed by atoms with van der Waals surface area (Å²) in [7, 11) is 0. The summed E-state index contributed by atoms with van der Waals surface area (Å²) in [5, 5.41) is 3.33. The third-order valence-electron chi connectivity index (χ3n) is 3.66. The van der Waals surface area contributed by atoms with E-state index in [1.54, 1.807) is 12.4 Å². The molecule has 3 atom stereocenters. The minimum absolute atomic E-state index is 0.0641.